The van der Waals surface area contributed by atoms with Gasteiger partial charge in [0.2, 0.25) is 0 Å². The van der Waals surface area contributed by atoms with Crippen molar-refractivity contribution < 1.29 is 4.74 Å². The molecular formula is C10H14ClN3O. The van der Waals surface area contributed by atoms with Gasteiger partial charge in [0.15, 0.2) is 0 Å². The summed E-state index contributed by atoms with van der Waals surface area (Å²) in [6.45, 7) is 2.85. The maximum atomic E-state index is 5.67. The Morgan fingerprint density at radius 1 is 1.53 bits per heavy atom. The van der Waals surface area contributed by atoms with Gasteiger partial charge in [-0.2, -0.15) is 0 Å². The molecule has 1 saturated heterocycles. The minimum absolute atomic E-state index is 0.366. The Hall–Kier alpha value is -0.710. The summed E-state index contributed by atoms with van der Waals surface area (Å²) in [6, 6.07) is 0. The molecule has 1 atom stereocenters. The van der Waals surface area contributed by atoms with Crippen LogP contribution in [0.25, 0.3) is 0 Å². The van der Waals surface area contributed by atoms with E-state index in [1.807, 2.05) is 0 Å². The van der Waals surface area contributed by atoms with Crippen molar-refractivity contribution in [1.82, 2.24) is 14.9 Å². The summed E-state index contributed by atoms with van der Waals surface area (Å²) in [5.74, 6) is 0. The average molecular weight is 228 g/mol. The van der Waals surface area contributed by atoms with Crippen molar-refractivity contribution in [1.29, 1.82) is 0 Å². The number of methoxy groups -OCH3 is 1. The van der Waals surface area contributed by atoms with E-state index in [1.165, 1.54) is 0 Å². The first-order valence-corrected chi connectivity index (χ1v) is 5.37. The van der Waals surface area contributed by atoms with Gasteiger partial charge in [0.05, 0.1) is 24.2 Å². The van der Waals surface area contributed by atoms with Gasteiger partial charge in [-0.05, 0) is 6.42 Å². The van der Waals surface area contributed by atoms with Crippen LogP contribution in [0.3, 0.4) is 0 Å². The van der Waals surface area contributed by atoms with Crippen LogP contribution in [0, 0.1) is 0 Å². The summed E-state index contributed by atoms with van der Waals surface area (Å²) in [4.78, 5) is 10.5. The third kappa shape index (κ3) is 2.87. The summed E-state index contributed by atoms with van der Waals surface area (Å²) in [6.07, 6.45) is 4.77. The van der Waals surface area contributed by atoms with Crippen LogP contribution in [0.15, 0.2) is 12.4 Å². The number of likely N-dealkylation sites (tertiary alicyclic amines) is 1. The van der Waals surface area contributed by atoms with E-state index in [9.17, 15) is 0 Å². The van der Waals surface area contributed by atoms with E-state index >= 15 is 0 Å². The van der Waals surface area contributed by atoms with Crippen molar-refractivity contribution in [3.63, 3.8) is 0 Å². The van der Waals surface area contributed by atoms with E-state index in [4.69, 9.17) is 16.3 Å². The Morgan fingerprint density at radius 2 is 2.40 bits per heavy atom. The van der Waals surface area contributed by atoms with Crippen LogP contribution in [0.2, 0.25) is 5.15 Å². The number of halogens is 1. The summed E-state index contributed by atoms with van der Waals surface area (Å²) < 4.78 is 5.30. The third-order valence-electron chi connectivity index (χ3n) is 2.62. The number of rotatable bonds is 3. The number of nitrogens with zero attached hydrogens (tertiary/aromatic N) is 3. The Balaban J connectivity index is 1.90. The zero-order valence-corrected chi connectivity index (χ0v) is 9.44. The van der Waals surface area contributed by atoms with E-state index in [0.29, 0.717) is 11.3 Å². The maximum Gasteiger partial charge on any atom is 0.147 e. The standard InChI is InChI=1S/C10H14ClN3O/c1-15-9-2-3-14(7-9)6-8-4-13-10(11)5-12-8/h4-5,9H,2-3,6-7H2,1H3. The molecule has 0 radical (unpaired) electrons. The SMILES string of the molecule is COC1CCN(Cc2cnc(Cl)cn2)C1. The minimum Gasteiger partial charge on any atom is -0.380 e. The van der Waals surface area contributed by atoms with Crippen molar-refractivity contribution in [3.05, 3.63) is 23.2 Å². The van der Waals surface area contributed by atoms with Crippen LogP contribution >= 0.6 is 11.6 Å². The van der Waals surface area contributed by atoms with Crippen LogP contribution in [-0.2, 0) is 11.3 Å². The van der Waals surface area contributed by atoms with Crippen molar-refractivity contribution in [2.24, 2.45) is 0 Å². The average Bonchev–Trinajstić information content (AvgIpc) is 2.69. The molecule has 0 aliphatic carbocycles. The fourth-order valence-electron chi connectivity index (χ4n) is 1.78. The molecule has 0 bridgehead atoms. The van der Waals surface area contributed by atoms with E-state index in [2.05, 4.69) is 14.9 Å². The molecule has 82 valence electrons. The van der Waals surface area contributed by atoms with Crippen molar-refractivity contribution in [2.45, 2.75) is 19.1 Å². The van der Waals surface area contributed by atoms with E-state index in [1.54, 1.807) is 19.5 Å². The van der Waals surface area contributed by atoms with Gasteiger partial charge in [0, 0.05) is 26.7 Å². The molecule has 0 aromatic carbocycles. The maximum absolute atomic E-state index is 5.67. The van der Waals surface area contributed by atoms with Gasteiger partial charge in [-0.15, -0.1) is 0 Å². The fraction of sp³-hybridized carbons (Fsp3) is 0.600. The van der Waals surface area contributed by atoms with Crippen molar-refractivity contribution >= 4 is 11.6 Å². The first-order chi connectivity index (χ1) is 7.28. The highest BCUT2D eigenvalue weighted by Gasteiger charge is 2.22. The molecule has 2 heterocycles. The first-order valence-electron chi connectivity index (χ1n) is 4.99. The minimum atomic E-state index is 0.366. The topological polar surface area (TPSA) is 38.2 Å². The molecule has 1 aromatic heterocycles. The molecule has 0 spiro atoms. The van der Waals surface area contributed by atoms with Gasteiger partial charge in [-0.1, -0.05) is 11.6 Å². The fourth-order valence-corrected chi connectivity index (χ4v) is 1.88. The Bertz CT molecular complexity index is 317. The molecule has 0 saturated carbocycles. The van der Waals surface area contributed by atoms with Gasteiger partial charge >= 0.3 is 0 Å². The molecule has 4 nitrogen and oxygen atoms in total. The molecule has 2 rings (SSSR count). The summed E-state index contributed by atoms with van der Waals surface area (Å²) in [7, 11) is 1.76. The second-order valence-corrected chi connectivity index (χ2v) is 4.10. The third-order valence-corrected chi connectivity index (χ3v) is 2.82. The van der Waals surface area contributed by atoms with Crippen LogP contribution in [0.5, 0.6) is 0 Å². The van der Waals surface area contributed by atoms with Gasteiger partial charge in [-0.25, -0.2) is 4.98 Å². The Labute approximate surface area is 94.2 Å². The molecule has 1 aliphatic heterocycles. The van der Waals surface area contributed by atoms with Crippen molar-refractivity contribution in [3.8, 4) is 0 Å². The summed E-state index contributed by atoms with van der Waals surface area (Å²) >= 11 is 5.67. The Morgan fingerprint density at radius 3 is 3.00 bits per heavy atom. The lowest BCUT2D eigenvalue weighted by molar-refractivity contribution is 0.107. The van der Waals surface area contributed by atoms with Crippen LogP contribution < -0.4 is 0 Å². The predicted molar refractivity (Wildman–Crippen MR) is 57.7 cm³/mol. The lowest BCUT2D eigenvalue weighted by Gasteiger charge is -2.14. The molecular weight excluding hydrogens is 214 g/mol. The van der Waals surface area contributed by atoms with Crippen LogP contribution in [0.1, 0.15) is 12.1 Å². The van der Waals surface area contributed by atoms with Crippen molar-refractivity contribution in [2.75, 3.05) is 20.2 Å². The quantitative estimate of drug-likeness (QED) is 0.782. The molecule has 0 N–H and O–H groups in total. The smallest absolute Gasteiger partial charge is 0.147 e. The number of hydrogen-bond donors (Lipinski definition) is 0. The van der Waals surface area contributed by atoms with Crippen LogP contribution in [0.4, 0.5) is 0 Å². The first kappa shape index (κ1) is 10.8. The van der Waals surface area contributed by atoms with Gasteiger partial charge in [0.1, 0.15) is 5.15 Å². The zero-order valence-electron chi connectivity index (χ0n) is 8.69. The molecule has 5 heteroatoms. The number of aromatic nitrogens is 2. The molecule has 0 amide bonds. The van der Waals surface area contributed by atoms with Gasteiger partial charge < -0.3 is 4.74 Å². The predicted octanol–water partition coefficient (Wildman–Crippen LogP) is 1.35. The molecule has 15 heavy (non-hydrogen) atoms. The second-order valence-electron chi connectivity index (χ2n) is 3.71. The molecule has 1 unspecified atom stereocenters. The summed E-state index contributed by atoms with van der Waals surface area (Å²) in [5, 5.41) is 0.440. The highest BCUT2D eigenvalue weighted by molar-refractivity contribution is 6.29. The molecule has 1 fully saturated rings. The Kier molecular flexibility index (Phi) is 3.51. The normalized spacial score (nSPS) is 22.1. The van der Waals surface area contributed by atoms with E-state index < -0.39 is 0 Å². The zero-order chi connectivity index (χ0) is 10.7. The monoisotopic (exact) mass is 227 g/mol. The lowest BCUT2D eigenvalue weighted by Crippen LogP contribution is -2.22. The highest BCUT2D eigenvalue weighted by Crippen LogP contribution is 2.14. The van der Waals surface area contributed by atoms with Gasteiger partial charge in [-0.3, -0.25) is 9.88 Å². The summed E-state index contributed by atoms with van der Waals surface area (Å²) in [5.41, 5.74) is 0.955. The van der Waals surface area contributed by atoms with E-state index in [-0.39, 0.29) is 0 Å². The number of ether oxygens (including phenoxy) is 1. The van der Waals surface area contributed by atoms with Gasteiger partial charge in [0.25, 0.3) is 0 Å². The second kappa shape index (κ2) is 4.88. The molecule has 1 aliphatic rings. The highest BCUT2D eigenvalue weighted by atomic mass is 35.5. The largest absolute Gasteiger partial charge is 0.380 e. The lowest BCUT2D eigenvalue weighted by atomic mass is 10.3. The van der Waals surface area contributed by atoms with E-state index in [0.717, 1.165) is 31.7 Å². The molecule has 1 aromatic rings. The van der Waals surface area contributed by atoms with Crippen LogP contribution in [-0.4, -0.2) is 41.2 Å². The number of hydrogen-bond acceptors (Lipinski definition) is 4.